The van der Waals surface area contributed by atoms with E-state index in [4.69, 9.17) is 10.5 Å². The number of primary amides is 1. The summed E-state index contributed by atoms with van der Waals surface area (Å²) >= 11 is 0. The third kappa shape index (κ3) is 5.10. The van der Waals surface area contributed by atoms with Crippen molar-refractivity contribution in [2.45, 2.75) is 76.8 Å². The summed E-state index contributed by atoms with van der Waals surface area (Å²) in [5.41, 5.74) is 5.81. The average Bonchev–Trinajstić information content (AvgIpc) is 2.93. The van der Waals surface area contributed by atoms with E-state index in [1.165, 1.54) is 0 Å². The second-order valence-corrected chi connectivity index (χ2v) is 12.5. The Bertz CT molecular complexity index is 1390. The summed E-state index contributed by atoms with van der Waals surface area (Å²) in [4.78, 5) is 37.6. The van der Waals surface area contributed by atoms with E-state index in [1.54, 1.807) is 0 Å². The van der Waals surface area contributed by atoms with Crippen LogP contribution in [0.15, 0.2) is 52.5 Å². The maximum absolute atomic E-state index is 13.1. The predicted octanol–water partition coefficient (Wildman–Crippen LogP) is 2.56. The Labute approximate surface area is 244 Å². The first-order valence-corrected chi connectivity index (χ1v) is 14.6. The summed E-state index contributed by atoms with van der Waals surface area (Å²) in [5.74, 6) is -5.58. The lowest BCUT2D eigenvalue weighted by Crippen LogP contribution is -2.63. The first-order valence-electron chi connectivity index (χ1n) is 14.6. The van der Waals surface area contributed by atoms with Crippen LogP contribution in [0.1, 0.15) is 63.5 Å². The largest absolute Gasteiger partial charge is 0.511 e. The number of allylic oxidation sites excluding steroid dienone is 3. The monoisotopic (exact) mass is 581 g/mol. The van der Waals surface area contributed by atoms with Crippen molar-refractivity contribution in [1.29, 1.82) is 0 Å². The first kappa shape index (κ1) is 30.2. The van der Waals surface area contributed by atoms with Gasteiger partial charge in [0.15, 0.2) is 23.5 Å². The van der Waals surface area contributed by atoms with Crippen LogP contribution >= 0.6 is 0 Å². The Morgan fingerprint density at radius 2 is 1.76 bits per heavy atom. The van der Waals surface area contributed by atoms with Crippen LogP contribution in [-0.2, 0) is 25.5 Å². The van der Waals surface area contributed by atoms with Crippen LogP contribution < -0.4 is 5.73 Å². The molecule has 7 N–H and O–H groups in total. The number of ketones is 2. The zero-order chi connectivity index (χ0) is 30.5. The Balaban J connectivity index is 1.45. The Hall–Kier alpha value is -3.31. The van der Waals surface area contributed by atoms with Gasteiger partial charge in [0.2, 0.25) is 0 Å². The average molecular weight is 582 g/mol. The minimum atomic E-state index is -2.36. The molecule has 6 atom stereocenters. The maximum Gasteiger partial charge on any atom is 0.255 e. The van der Waals surface area contributed by atoms with Crippen LogP contribution in [0.4, 0.5) is 0 Å². The lowest BCUT2D eigenvalue weighted by Gasteiger charge is -2.53. The van der Waals surface area contributed by atoms with E-state index in [1.807, 2.05) is 38.1 Å². The predicted molar refractivity (Wildman–Crippen MR) is 152 cm³/mol. The van der Waals surface area contributed by atoms with Gasteiger partial charge in [-0.2, -0.15) is 0 Å². The number of hydrogen-bond donors (Lipinski definition) is 6. The lowest BCUT2D eigenvalue weighted by atomic mass is 9.55. The van der Waals surface area contributed by atoms with Gasteiger partial charge in [0.05, 0.1) is 12.2 Å². The Morgan fingerprint density at radius 3 is 2.40 bits per heavy atom. The van der Waals surface area contributed by atoms with E-state index in [9.17, 15) is 39.9 Å². The van der Waals surface area contributed by atoms with Crippen LogP contribution in [-0.4, -0.2) is 67.6 Å². The highest BCUT2D eigenvalue weighted by atomic mass is 16.6. The molecule has 10 heteroatoms. The number of carbonyl (C=O) groups is 3. The molecule has 0 spiro atoms. The summed E-state index contributed by atoms with van der Waals surface area (Å²) in [6.45, 7) is 4.52. The van der Waals surface area contributed by atoms with Crippen molar-refractivity contribution < 1.29 is 44.7 Å². The summed E-state index contributed by atoms with van der Waals surface area (Å²) in [6.07, 6.45) is -0.680. The van der Waals surface area contributed by atoms with Crippen LogP contribution in [0.5, 0.6) is 0 Å². The minimum absolute atomic E-state index is 0.124. The second-order valence-electron chi connectivity index (χ2n) is 12.5. The minimum Gasteiger partial charge on any atom is -0.511 e. The molecule has 0 saturated heterocycles. The van der Waals surface area contributed by atoms with Crippen LogP contribution in [0, 0.1) is 23.7 Å². The van der Waals surface area contributed by atoms with Gasteiger partial charge in [0.1, 0.15) is 23.2 Å². The van der Waals surface area contributed by atoms with E-state index in [-0.39, 0.29) is 36.4 Å². The number of aryl methyl sites for hydroxylation is 1. The molecule has 3 unspecified atom stereocenters. The smallest absolute Gasteiger partial charge is 0.255 e. The van der Waals surface area contributed by atoms with Crippen molar-refractivity contribution >= 4 is 23.0 Å². The SMILES string of the molecule is CC(C)COC(O)CCc1ccc(C2=C3C[C@H]4C[C@H]5CC(=O)C(C(N)=O)=C(O)[C@@]5(O)C(O)C4C(O)=C3C(=O)CC2)cc1. The topological polar surface area (TPSA) is 188 Å². The summed E-state index contributed by atoms with van der Waals surface area (Å²) in [7, 11) is 0. The molecule has 0 aliphatic heterocycles. The van der Waals surface area contributed by atoms with E-state index in [0.717, 1.165) is 16.7 Å². The molecule has 1 amide bonds. The number of Topliss-reactive ketones (excluding diaryl/α,β-unsaturated/α-hetero) is 2. The van der Waals surface area contributed by atoms with E-state index in [0.29, 0.717) is 43.8 Å². The normalized spacial score (nSPS) is 30.3. The molecule has 226 valence electrons. The van der Waals surface area contributed by atoms with Gasteiger partial charge in [-0.1, -0.05) is 38.1 Å². The van der Waals surface area contributed by atoms with E-state index < -0.39 is 58.8 Å². The Kier molecular flexibility index (Phi) is 8.19. The van der Waals surface area contributed by atoms with Crippen molar-refractivity contribution in [2.75, 3.05) is 6.61 Å². The molecule has 4 aliphatic carbocycles. The van der Waals surface area contributed by atoms with Crippen LogP contribution in [0.2, 0.25) is 0 Å². The third-order valence-electron chi connectivity index (χ3n) is 9.27. The fourth-order valence-corrected chi connectivity index (χ4v) is 7.19. The molecule has 5 rings (SSSR count). The first-order chi connectivity index (χ1) is 19.8. The van der Waals surface area contributed by atoms with Gasteiger partial charge >= 0.3 is 0 Å². The molecule has 0 bridgehead atoms. The van der Waals surface area contributed by atoms with Gasteiger partial charge in [-0.3, -0.25) is 14.4 Å². The third-order valence-corrected chi connectivity index (χ3v) is 9.27. The molecule has 0 radical (unpaired) electrons. The van der Waals surface area contributed by atoms with E-state index in [2.05, 4.69) is 0 Å². The molecule has 0 heterocycles. The number of aliphatic hydroxyl groups excluding tert-OH is 4. The lowest BCUT2D eigenvalue weighted by molar-refractivity contribution is -0.177. The summed E-state index contributed by atoms with van der Waals surface area (Å²) < 4.78 is 5.44. The van der Waals surface area contributed by atoms with Gasteiger partial charge in [-0.25, -0.2) is 0 Å². The molecule has 1 fully saturated rings. The maximum atomic E-state index is 13.1. The molecule has 1 saturated carbocycles. The summed E-state index contributed by atoms with van der Waals surface area (Å²) in [5, 5.41) is 55.2. The molecule has 42 heavy (non-hydrogen) atoms. The Morgan fingerprint density at radius 1 is 1.07 bits per heavy atom. The van der Waals surface area contributed by atoms with Gasteiger partial charge in [0, 0.05) is 31.1 Å². The fourth-order valence-electron chi connectivity index (χ4n) is 7.19. The molecular weight excluding hydrogens is 542 g/mol. The number of rotatable bonds is 8. The fraction of sp³-hybridized carbons (Fsp3) is 0.531. The number of fused-ring (bicyclic) bond motifs is 3. The zero-order valence-electron chi connectivity index (χ0n) is 23.9. The number of aliphatic hydroxyl groups is 5. The van der Waals surface area contributed by atoms with Gasteiger partial charge in [0.25, 0.3) is 5.91 Å². The van der Waals surface area contributed by atoms with E-state index >= 15 is 0 Å². The standard InChI is InChI=1S/C32H39NO9/c1-15(2)14-42-24(36)10-5-16-3-6-17(7-4-16)20-8-9-22(34)26-21(20)12-18-11-19-13-23(35)27(31(33)40)30(39)32(19,41)29(38)25(18)28(26)37/h3-4,6-7,15,18-19,24-25,29,36-39,41H,5,8-14H2,1-2H3,(H2,33,40)/t18-,19+,24?,25?,29?,32+/m1/s1. The highest BCUT2D eigenvalue weighted by Crippen LogP contribution is 2.56. The number of ether oxygens (including phenoxy) is 1. The number of nitrogens with two attached hydrogens (primary N) is 1. The van der Waals surface area contributed by atoms with Crippen molar-refractivity contribution in [2.24, 2.45) is 29.4 Å². The van der Waals surface area contributed by atoms with Gasteiger partial charge in [-0.15, -0.1) is 0 Å². The zero-order valence-corrected chi connectivity index (χ0v) is 23.9. The highest BCUT2D eigenvalue weighted by Gasteiger charge is 2.62. The summed E-state index contributed by atoms with van der Waals surface area (Å²) in [6, 6.07) is 7.84. The van der Waals surface area contributed by atoms with Crippen molar-refractivity contribution in [3.05, 3.63) is 63.6 Å². The quantitative estimate of drug-likeness (QED) is 0.198. The number of benzene rings is 1. The highest BCUT2D eigenvalue weighted by molar-refractivity contribution is 6.20. The van der Waals surface area contributed by atoms with Gasteiger partial charge in [-0.05, 0) is 59.8 Å². The van der Waals surface area contributed by atoms with Crippen LogP contribution in [0.25, 0.3) is 5.57 Å². The van der Waals surface area contributed by atoms with Crippen molar-refractivity contribution in [3.8, 4) is 0 Å². The molecule has 1 aromatic carbocycles. The molecular formula is C32H39NO9. The van der Waals surface area contributed by atoms with Crippen molar-refractivity contribution in [1.82, 2.24) is 0 Å². The molecule has 1 aromatic rings. The number of carbonyl (C=O) groups excluding carboxylic acids is 3. The molecule has 10 nitrogen and oxygen atoms in total. The van der Waals surface area contributed by atoms with Crippen molar-refractivity contribution in [3.63, 3.8) is 0 Å². The van der Waals surface area contributed by atoms with Crippen LogP contribution in [0.3, 0.4) is 0 Å². The molecule has 4 aliphatic rings. The van der Waals surface area contributed by atoms with Gasteiger partial charge < -0.3 is 36.0 Å². The second kappa shape index (κ2) is 11.4. The number of amides is 1. The molecule has 0 aromatic heterocycles. The number of hydrogen-bond acceptors (Lipinski definition) is 9.